The molecule has 0 saturated carbocycles. The van der Waals surface area contributed by atoms with Crippen molar-refractivity contribution in [3.05, 3.63) is 60.7 Å². The van der Waals surface area contributed by atoms with Gasteiger partial charge in [0.25, 0.3) is 0 Å². The van der Waals surface area contributed by atoms with E-state index >= 15 is 0 Å². The number of nitrogens with zero attached hydrogens (tertiary/aromatic N) is 1. The third-order valence-electron chi connectivity index (χ3n) is 3.39. The van der Waals surface area contributed by atoms with Crippen molar-refractivity contribution in [3.8, 4) is 0 Å². The monoisotopic (exact) mass is 343 g/mol. The summed E-state index contributed by atoms with van der Waals surface area (Å²) in [6.45, 7) is 9.89. The highest BCUT2D eigenvalue weighted by molar-refractivity contribution is 5.79. The standard InChI is InChI=1S/C21H29NO3/c1-5-6-7-11-14-19(23)15-16-22(20(24)25-21(2,3)4)17-18-12-9-8-10-13-18/h5-10,12-13H,1,11,14-17H2,2-4H3/b7-6+. The Hall–Kier alpha value is -2.36. The molecule has 0 fully saturated rings. The number of carbonyl (C=O) groups is 2. The van der Waals surface area contributed by atoms with Gasteiger partial charge < -0.3 is 9.64 Å². The van der Waals surface area contributed by atoms with Crippen LogP contribution in [-0.4, -0.2) is 28.9 Å². The zero-order valence-electron chi connectivity index (χ0n) is 15.5. The minimum Gasteiger partial charge on any atom is -0.444 e. The van der Waals surface area contributed by atoms with Crippen molar-refractivity contribution in [1.82, 2.24) is 4.90 Å². The highest BCUT2D eigenvalue weighted by Crippen LogP contribution is 2.13. The lowest BCUT2D eigenvalue weighted by Gasteiger charge is -2.27. The van der Waals surface area contributed by atoms with Gasteiger partial charge in [0.15, 0.2) is 0 Å². The molecule has 136 valence electrons. The molecule has 0 bridgehead atoms. The van der Waals surface area contributed by atoms with E-state index in [-0.39, 0.29) is 5.78 Å². The minimum atomic E-state index is -0.564. The second-order valence-electron chi connectivity index (χ2n) is 6.88. The van der Waals surface area contributed by atoms with Crippen molar-refractivity contribution in [2.45, 2.75) is 52.2 Å². The number of hydrogen-bond donors (Lipinski definition) is 0. The normalized spacial score (nSPS) is 11.3. The molecule has 0 aliphatic rings. The molecule has 25 heavy (non-hydrogen) atoms. The Balaban J connectivity index is 2.64. The first-order valence-electron chi connectivity index (χ1n) is 8.63. The average molecular weight is 343 g/mol. The molecule has 0 aliphatic heterocycles. The Morgan fingerprint density at radius 2 is 1.84 bits per heavy atom. The van der Waals surface area contributed by atoms with Gasteiger partial charge in [-0.2, -0.15) is 0 Å². The van der Waals surface area contributed by atoms with Crippen LogP contribution in [0.15, 0.2) is 55.1 Å². The van der Waals surface area contributed by atoms with Crippen LogP contribution in [0.2, 0.25) is 0 Å². The minimum absolute atomic E-state index is 0.135. The Morgan fingerprint density at radius 3 is 2.44 bits per heavy atom. The molecule has 0 saturated heterocycles. The van der Waals surface area contributed by atoms with Crippen molar-refractivity contribution in [2.75, 3.05) is 6.54 Å². The van der Waals surface area contributed by atoms with Crippen molar-refractivity contribution in [1.29, 1.82) is 0 Å². The van der Waals surface area contributed by atoms with Gasteiger partial charge in [-0.1, -0.05) is 55.1 Å². The van der Waals surface area contributed by atoms with Gasteiger partial charge in [-0.3, -0.25) is 4.79 Å². The van der Waals surface area contributed by atoms with Crippen molar-refractivity contribution < 1.29 is 14.3 Å². The molecule has 0 spiro atoms. The van der Waals surface area contributed by atoms with E-state index in [1.807, 2.05) is 63.3 Å². The maximum Gasteiger partial charge on any atom is 0.410 e. The molecular formula is C21H29NO3. The second-order valence-corrected chi connectivity index (χ2v) is 6.88. The summed E-state index contributed by atoms with van der Waals surface area (Å²) in [7, 11) is 0. The van der Waals surface area contributed by atoms with Gasteiger partial charge in [-0.25, -0.2) is 4.79 Å². The van der Waals surface area contributed by atoms with Crippen LogP contribution >= 0.6 is 0 Å². The molecule has 0 N–H and O–H groups in total. The van der Waals surface area contributed by atoms with Gasteiger partial charge in [0.1, 0.15) is 11.4 Å². The van der Waals surface area contributed by atoms with E-state index in [2.05, 4.69) is 6.58 Å². The van der Waals surface area contributed by atoms with Gasteiger partial charge in [-0.05, 0) is 32.8 Å². The summed E-state index contributed by atoms with van der Waals surface area (Å²) in [5.74, 6) is 0.135. The van der Waals surface area contributed by atoms with Crippen LogP contribution in [0.25, 0.3) is 0 Å². The fraction of sp³-hybridized carbons (Fsp3) is 0.429. The van der Waals surface area contributed by atoms with Crippen molar-refractivity contribution >= 4 is 11.9 Å². The molecule has 4 nitrogen and oxygen atoms in total. The molecule has 1 amide bonds. The van der Waals surface area contributed by atoms with E-state index in [1.165, 1.54) is 0 Å². The summed E-state index contributed by atoms with van der Waals surface area (Å²) < 4.78 is 5.47. The van der Waals surface area contributed by atoms with Gasteiger partial charge in [0.05, 0.1) is 0 Å². The van der Waals surface area contributed by atoms with Crippen LogP contribution in [-0.2, 0) is 16.1 Å². The Labute approximate surface area is 151 Å². The zero-order chi connectivity index (χ0) is 18.7. The molecule has 0 aliphatic carbocycles. The van der Waals surface area contributed by atoms with Crippen LogP contribution in [0.1, 0.15) is 45.6 Å². The average Bonchev–Trinajstić information content (AvgIpc) is 2.54. The van der Waals surface area contributed by atoms with Crippen LogP contribution in [0.3, 0.4) is 0 Å². The number of rotatable bonds is 9. The number of Topliss-reactive ketones (excluding diaryl/α,β-unsaturated/α-hetero) is 1. The fourth-order valence-electron chi connectivity index (χ4n) is 2.19. The van der Waals surface area contributed by atoms with E-state index < -0.39 is 11.7 Å². The lowest BCUT2D eigenvalue weighted by atomic mass is 10.1. The van der Waals surface area contributed by atoms with E-state index in [0.717, 1.165) is 5.56 Å². The van der Waals surface area contributed by atoms with E-state index in [4.69, 9.17) is 4.74 Å². The van der Waals surface area contributed by atoms with Crippen LogP contribution < -0.4 is 0 Å². The summed E-state index contributed by atoms with van der Waals surface area (Å²) in [5.41, 5.74) is 0.445. The molecule has 1 aromatic rings. The number of ketones is 1. The zero-order valence-corrected chi connectivity index (χ0v) is 15.5. The van der Waals surface area contributed by atoms with Crippen LogP contribution in [0.5, 0.6) is 0 Å². The Morgan fingerprint density at radius 1 is 1.16 bits per heavy atom. The third-order valence-corrected chi connectivity index (χ3v) is 3.39. The topological polar surface area (TPSA) is 46.6 Å². The lowest BCUT2D eigenvalue weighted by molar-refractivity contribution is -0.119. The highest BCUT2D eigenvalue weighted by atomic mass is 16.6. The first kappa shape index (κ1) is 20.7. The smallest absolute Gasteiger partial charge is 0.410 e. The predicted molar refractivity (Wildman–Crippen MR) is 101 cm³/mol. The number of ether oxygens (including phenoxy) is 1. The largest absolute Gasteiger partial charge is 0.444 e. The highest BCUT2D eigenvalue weighted by Gasteiger charge is 2.22. The molecule has 0 aromatic heterocycles. The van der Waals surface area contributed by atoms with Gasteiger partial charge in [-0.15, -0.1) is 0 Å². The molecular weight excluding hydrogens is 314 g/mol. The van der Waals surface area contributed by atoms with Crippen LogP contribution in [0, 0.1) is 0 Å². The summed E-state index contributed by atoms with van der Waals surface area (Å²) >= 11 is 0. The maximum absolute atomic E-state index is 12.4. The SMILES string of the molecule is C=C/C=C/CCC(=O)CCN(Cc1ccccc1)C(=O)OC(C)(C)C. The van der Waals surface area contributed by atoms with Gasteiger partial charge >= 0.3 is 6.09 Å². The van der Waals surface area contributed by atoms with Crippen molar-refractivity contribution in [3.63, 3.8) is 0 Å². The number of carbonyl (C=O) groups excluding carboxylic acids is 2. The van der Waals surface area contributed by atoms with Crippen LogP contribution in [0.4, 0.5) is 4.79 Å². The molecule has 0 unspecified atom stereocenters. The first-order valence-corrected chi connectivity index (χ1v) is 8.63. The summed E-state index contributed by atoms with van der Waals surface area (Å²) in [5, 5.41) is 0. The molecule has 4 heteroatoms. The number of allylic oxidation sites excluding steroid dienone is 3. The first-order chi connectivity index (χ1) is 11.8. The van der Waals surface area contributed by atoms with E-state index in [9.17, 15) is 9.59 Å². The molecule has 0 radical (unpaired) electrons. The third kappa shape index (κ3) is 9.50. The molecule has 1 aromatic carbocycles. The predicted octanol–water partition coefficient (Wildman–Crippen LogP) is 4.91. The lowest BCUT2D eigenvalue weighted by Crippen LogP contribution is -2.37. The Bertz CT molecular complexity index is 585. The summed E-state index contributed by atoms with van der Waals surface area (Å²) in [4.78, 5) is 26.1. The molecule has 0 atom stereocenters. The number of hydrogen-bond acceptors (Lipinski definition) is 3. The van der Waals surface area contributed by atoms with Crippen molar-refractivity contribution in [2.24, 2.45) is 0 Å². The summed E-state index contributed by atoms with van der Waals surface area (Å²) in [6.07, 6.45) is 6.53. The van der Waals surface area contributed by atoms with E-state index in [1.54, 1.807) is 11.0 Å². The summed E-state index contributed by atoms with van der Waals surface area (Å²) in [6, 6.07) is 9.71. The van der Waals surface area contributed by atoms with Gasteiger partial charge in [0, 0.05) is 25.9 Å². The molecule has 1 rings (SSSR count). The second kappa shape index (κ2) is 10.5. The maximum atomic E-state index is 12.4. The number of amides is 1. The number of benzene rings is 1. The Kier molecular flexibility index (Phi) is 8.68. The van der Waals surface area contributed by atoms with E-state index in [0.29, 0.717) is 32.4 Å². The fourth-order valence-corrected chi connectivity index (χ4v) is 2.19. The quantitative estimate of drug-likeness (QED) is 0.599. The van der Waals surface area contributed by atoms with Gasteiger partial charge in [0.2, 0.25) is 0 Å². The molecule has 0 heterocycles.